The first-order valence-corrected chi connectivity index (χ1v) is 7.22. The summed E-state index contributed by atoms with van der Waals surface area (Å²) in [5.41, 5.74) is 0.281. The first-order valence-electron chi connectivity index (χ1n) is 5.13. The topological polar surface area (TPSA) is 9.23 Å². The van der Waals surface area contributed by atoms with Gasteiger partial charge in [0.15, 0.2) is 0 Å². The summed E-state index contributed by atoms with van der Waals surface area (Å²) < 4.78 is 54.1. The maximum atomic E-state index is 13.6. The van der Waals surface area contributed by atoms with E-state index in [1.807, 2.05) is 0 Å². The van der Waals surface area contributed by atoms with E-state index in [-0.39, 0.29) is 18.6 Å². The summed E-state index contributed by atoms with van der Waals surface area (Å²) >= 11 is 12.1. The Balaban J connectivity index is 2.54. The van der Waals surface area contributed by atoms with Crippen LogP contribution in [0.5, 0.6) is 0 Å². The van der Waals surface area contributed by atoms with Crippen molar-refractivity contribution in [3.63, 3.8) is 0 Å². The minimum Gasteiger partial charge on any atom is -0.372 e. The predicted molar refractivity (Wildman–Crippen MR) is 72.3 cm³/mol. The summed E-state index contributed by atoms with van der Waals surface area (Å²) in [4.78, 5) is -0.466. The van der Waals surface area contributed by atoms with Gasteiger partial charge in [0.05, 0.1) is 5.02 Å². The maximum Gasteiger partial charge on any atom is 0.411 e. The Bertz CT molecular complexity index is 439. The van der Waals surface area contributed by atoms with Gasteiger partial charge in [-0.2, -0.15) is 13.2 Å². The molecule has 1 unspecified atom stereocenters. The molecular formula is C11H9Br2ClF4O. The van der Waals surface area contributed by atoms with Crippen molar-refractivity contribution in [3.05, 3.63) is 33.0 Å². The summed E-state index contributed by atoms with van der Waals surface area (Å²) in [6.07, 6.45) is -4.15. The van der Waals surface area contributed by atoms with Crippen molar-refractivity contribution in [3.8, 4) is 0 Å². The van der Waals surface area contributed by atoms with Gasteiger partial charge in [-0.3, -0.25) is 0 Å². The van der Waals surface area contributed by atoms with E-state index in [9.17, 15) is 17.6 Å². The first-order chi connectivity index (χ1) is 8.70. The molecule has 8 heteroatoms. The highest BCUT2D eigenvalue weighted by molar-refractivity contribution is 9.10. The van der Waals surface area contributed by atoms with Crippen LogP contribution in [-0.2, 0) is 4.74 Å². The van der Waals surface area contributed by atoms with E-state index in [2.05, 4.69) is 36.6 Å². The van der Waals surface area contributed by atoms with Gasteiger partial charge in [0.1, 0.15) is 12.4 Å². The Morgan fingerprint density at radius 3 is 2.53 bits per heavy atom. The number of ether oxygens (including phenoxy) is 1. The van der Waals surface area contributed by atoms with Gasteiger partial charge >= 0.3 is 6.18 Å². The van der Waals surface area contributed by atoms with Crippen molar-refractivity contribution in [2.45, 2.75) is 17.4 Å². The summed E-state index contributed by atoms with van der Waals surface area (Å²) in [5.74, 6) is -0.492. The average molecular weight is 428 g/mol. The van der Waals surface area contributed by atoms with Gasteiger partial charge in [0.25, 0.3) is 0 Å². The van der Waals surface area contributed by atoms with E-state index in [1.165, 1.54) is 12.1 Å². The molecule has 1 aromatic carbocycles. The fraction of sp³-hybridized carbons (Fsp3) is 0.455. The molecule has 108 valence electrons. The molecule has 0 N–H and O–H groups in total. The average Bonchev–Trinajstić information content (AvgIpc) is 2.28. The molecule has 0 spiro atoms. The molecule has 1 nitrogen and oxygen atoms in total. The molecule has 19 heavy (non-hydrogen) atoms. The van der Waals surface area contributed by atoms with Crippen LogP contribution in [0.3, 0.4) is 0 Å². The smallest absolute Gasteiger partial charge is 0.372 e. The minimum atomic E-state index is -4.35. The van der Waals surface area contributed by atoms with Crippen LogP contribution in [-0.4, -0.2) is 19.4 Å². The first kappa shape index (κ1) is 17.2. The number of halogens is 7. The van der Waals surface area contributed by atoms with E-state index >= 15 is 0 Å². The molecule has 0 radical (unpaired) electrons. The molecule has 1 atom stereocenters. The molecule has 0 heterocycles. The van der Waals surface area contributed by atoms with Crippen LogP contribution in [0.25, 0.3) is 0 Å². The third kappa shape index (κ3) is 5.97. The highest BCUT2D eigenvalue weighted by atomic mass is 79.9. The van der Waals surface area contributed by atoms with Gasteiger partial charge in [-0.05, 0) is 34.5 Å². The van der Waals surface area contributed by atoms with Crippen molar-refractivity contribution < 1.29 is 22.3 Å². The Kier molecular flexibility index (Phi) is 6.56. The lowest BCUT2D eigenvalue weighted by atomic mass is 10.1. The Labute approximate surface area is 129 Å². The van der Waals surface area contributed by atoms with Crippen LogP contribution in [0.2, 0.25) is 5.02 Å². The highest BCUT2D eigenvalue weighted by Crippen LogP contribution is 2.34. The van der Waals surface area contributed by atoms with Crippen LogP contribution in [0.4, 0.5) is 17.6 Å². The lowest BCUT2D eigenvalue weighted by molar-refractivity contribution is -0.174. The zero-order chi connectivity index (χ0) is 14.6. The summed E-state index contributed by atoms with van der Waals surface area (Å²) in [5, 5.41) is 0.331. The highest BCUT2D eigenvalue weighted by Gasteiger charge is 2.27. The van der Waals surface area contributed by atoms with Gasteiger partial charge in [0, 0.05) is 21.5 Å². The van der Waals surface area contributed by atoms with Crippen LogP contribution in [0, 0.1) is 5.82 Å². The lowest BCUT2D eigenvalue weighted by Crippen LogP contribution is -2.17. The van der Waals surface area contributed by atoms with Crippen LogP contribution >= 0.6 is 43.5 Å². The van der Waals surface area contributed by atoms with E-state index in [4.69, 9.17) is 11.6 Å². The second-order valence-electron chi connectivity index (χ2n) is 3.71. The number of hydrogen-bond donors (Lipinski definition) is 0. The van der Waals surface area contributed by atoms with Crippen LogP contribution in [0.1, 0.15) is 16.8 Å². The standard InChI is InChI=1S/C11H9Br2ClF4O/c12-7(1-2-19-5-11(16,17)18)6-3-9(14)8(13)4-10(6)15/h3-4,7H,1-2,5H2. The molecule has 1 rings (SSSR count). The molecule has 0 aliphatic carbocycles. The van der Waals surface area contributed by atoms with E-state index < -0.39 is 23.4 Å². The molecule has 0 saturated carbocycles. The molecule has 0 fully saturated rings. The molecule has 1 aromatic rings. The number of rotatable bonds is 5. The quantitative estimate of drug-likeness (QED) is 0.255. The monoisotopic (exact) mass is 426 g/mol. The molecule has 0 aliphatic rings. The molecule has 0 aromatic heterocycles. The second kappa shape index (κ2) is 7.24. The molecule has 0 amide bonds. The largest absolute Gasteiger partial charge is 0.411 e. The van der Waals surface area contributed by atoms with Crippen molar-refractivity contribution in [1.82, 2.24) is 0 Å². The molecule has 0 saturated heterocycles. The summed E-state index contributed by atoms with van der Waals surface area (Å²) in [6, 6.07) is 2.63. The van der Waals surface area contributed by atoms with Crippen molar-refractivity contribution in [2.75, 3.05) is 13.2 Å². The van der Waals surface area contributed by atoms with Gasteiger partial charge in [-0.15, -0.1) is 0 Å². The lowest BCUT2D eigenvalue weighted by Gasteiger charge is -2.13. The Morgan fingerprint density at radius 2 is 1.95 bits per heavy atom. The normalized spacial score (nSPS) is 13.6. The Hall–Kier alpha value is 0.150. The van der Waals surface area contributed by atoms with Crippen molar-refractivity contribution in [1.29, 1.82) is 0 Å². The molecule has 0 aliphatic heterocycles. The van der Waals surface area contributed by atoms with Gasteiger partial charge in [0.2, 0.25) is 0 Å². The SMILES string of the molecule is Fc1cc(Br)c(Cl)cc1C(Br)CCOCC(F)(F)F. The zero-order valence-electron chi connectivity index (χ0n) is 9.41. The van der Waals surface area contributed by atoms with Crippen LogP contribution in [0.15, 0.2) is 16.6 Å². The van der Waals surface area contributed by atoms with E-state index in [0.29, 0.717) is 9.50 Å². The van der Waals surface area contributed by atoms with Crippen LogP contribution < -0.4 is 0 Å². The van der Waals surface area contributed by atoms with Gasteiger partial charge in [-0.25, -0.2) is 4.39 Å². The third-order valence-electron chi connectivity index (χ3n) is 2.16. The van der Waals surface area contributed by atoms with Crippen molar-refractivity contribution >= 4 is 43.5 Å². The number of benzene rings is 1. The third-order valence-corrected chi connectivity index (χ3v) is 4.31. The molecular weight excluding hydrogens is 419 g/mol. The van der Waals surface area contributed by atoms with Gasteiger partial charge < -0.3 is 4.74 Å². The van der Waals surface area contributed by atoms with Crippen molar-refractivity contribution in [2.24, 2.45) is 0 Å². The minimum absolute atomic E-state index is 0.136. The zero-order valence-corrected chi connectivity index (χ0v) is 13.3. The Morgan fingerprint density at radius 1 is 1.32 bits per heavy atom. The molecule has 0 bridgehead atoms. The van der Waals surface area contributed by atoms with E-state index in [0.717, 1.165) is 0 Å². The fourth-order valence-electron chi connectivity index (χ4n) is 1.31. The second-order valence-corrected chi connectivity index (χ2v) is 6.08. The number of hydrogen-bond acceptors (Lipinski definition) is 1. The predicted octanol–water partition coefficient (Wildman–Crippen LogP) is 5.65. The summed E-state index contributed by atoms with van der Waals surface area (Å²) in [6.45, 7) is -1.45. The maximum absolute atomic E-state index is 13.6. The van der Waals surface area contributed by atoms with Gasteiger partial charge in [-0.1, -0.05) is 27.5 Å². The summed E-state index contributed by atoms with van der Waals surface area (Å²) in [7, 11) is 0. The number of alkyl halides is 4. The fourth-order valence-corrected chi connectivity index (χ4v) is 2.33. The van der Waals surface area contributed by atoms with E-state index in [1.54, 1.807) is 0 Å².